The summed E-state index contributed by atoms with van der Waals surface area (Å²) in [5.74, 6) is -0.921. The molecule has 25 heavy (non-hydrogen) atoms. The van der Waals surface area contributed by atoms with Crippen LogP contribution in [0.4, 0.5) is 5.69 Å². The molecule has 1 amide bonds. The molecule has 126 valence electrons. The first kappa shape index (κ1) is 18.0. The average Bonchev–Trinajstić information content (AvgIpc) is 2.61. The fourth-order valence-electron chi connectivity index (χ4n) is 2.29. The van der Waals surface area contributed by atoms with E-state index in [-0.39, 0.29) is 5.57 Å². The molecule has 0 atom stereocenters. The molecule has 0 aliphatic rings. The van der Waals surface area contributed by atoms with Crippen LogP contribution in [0.15, 0.2) is 48.0 Å². The zero-order chi connectivity index (χ0) is 18.4. The topological polar surface area (TPSA) is 79.2 Å². The predicted molar refractivity (Wildman–Crippen MR) is 95.9 cm³/mol. The Hall–Kier alpha value is -3.39. The van der Waals surface area contributed by atoms with Crippen LogP contribution in [0.2, 0.25) is 0 Å². The number of benzene rings is 2. The molecule has 0 heterocycles. The summed E-state index contributed by atoms with van der Waals surface area (Å²) in [6.45, 7) is 3.86. The number of esters is 1. The first-order chi connectivity index (χ1) is 11.9. The molecule has 2 aromatic carbocycles. The smallest absolute Gasteiger partial charge is 0.337 e. The summed E-state index contributed by atoms with van der Waals surface area (Å²) >= 11 is 0. The van der Waals surface area contributed by atoms with Crippen molar-refractivity contribution in [3.05, 3.63) is 70.3 Å². The van der Waals surface area contributed by atoms with Crippen molar-refractivity contribution in [2.24, 2.45) is 0 Å². The van der Waals surface area contributed by atoms with Gasteiger partial charge in [-0.1, -0.05) is 29.8 Å². The van der Waals surface area contributed by atoms with Gasteiger partial charge in [0.1, 0.15) is 11.6 Å². The van der Waals surface area contributed by atoms with E-state index >= 15 is 0 Å². The SMILES string of the molecule is COC(=O)c1ccc(C=C(C#N)C(=O)Nc2ccc(C)cc2C)cc1. The molecule has 0 radical (unpaired) electrons. The lowest BCUT2D eigenvalue weighted by atomic mass is 10.1. The number of amides is 1. The highest BCUT2D eigenvalue weighted by atomic mass is 16.5. The van der Waals surface area contributed by atoms with Gasteiger partial charge in [-0.2, -0.15) is 5.26 Å². The Labute approximate surface area is 146 Å². The van der Waals surface area contributed by atoms with Gasteiger partial charge >= 0.3 is 5.97 Å². The van der Waals surface area contributed by atoms with Crippen molar-refractivity contribution in [2.45, 2.75) is 13.8 Å². The number of carbonyl (C=O) groups excluding carboxylic acids is 2. The summed E-state index contributed by atoms with van der Waals surface area (Å²) in [7, 11) is 1.31. The van der Waals surface area contributed by atoms with Crippen molar-refractivity contribution >= 4 is 23.6 Å². The second kappa shape index (κ2) is 7.93. The Morgan fingerprint density at radius 2 is 1.80 bits per heavy atom. The summed E-state index contributed by atoms with van der Waals surface area (Å²) in [6, 6.07) is 14.0. The molecule has 5 heteroatoms. The van der Waals surface area contributed by atoms with Gasteiger partial charge < -0.3 is 10.1 Å². The van der Waals surface area contributed by atoms with Gasteiger partial charge in [0.2, 0.25) is 0 Å². The average molecular weight is 334 g/mol. The van der Waals surface area contributed by atoms with Crippen molar-refractivity contribution in [3.8, 4) is 6.07 Å². The number of aryl methyl sites for hydroxylation is 2. The van der Waals surface area contributed by atoms with Crippen LogP contribution in [0.1, 0.15) is 27.0 Å². The number of ether oxygens (including phenoxy) is 1. The Morgan fingerprint density at radius 1 is 1.12 bits per heavy atom. The van der Waals surface area contributed by atoms with Crippen LogP contribution in [-0.2, 0) is 9.53 Å². The standard InChI is InChI=1S/C20H18N2O3/c1-13-4-9-18(14(2)10-13)22-19(23)17(12-21)11-15-5-7-16(8-6-15)20(24)25-3/h4-11H,1-3H3,(H,22,23). The van der Waals surface area contributed by atoms with Gasteiger partial charge in [0.25, 0.3) is 5.91 Å². The molecule has 5 nitrogen and oxygen atoms in total. The molecule has 0 fully saturated rings. The third-order valence-electron chi connectivity index (χ3n) is 3.64. The maximum absolute atomic E-state index is 12.3. The predicted octanol–water partition coefficient (Wildman–Crippen LogP) is 3.64. The lowest BCUT2D eigenvalue weighted by molar-refractivity contribution is -0.112. The Bertz CT molecular complexity index is 875. The lowest BCUT2D eigenvalue weighted by Crippen LogP contribution is -2.14. The van der Waals surface area contributed by atoms with E-state index in [0.717, 1.165) is 11.1 Å². The van der Waals surface area contributed by atoms with E-state index in [1.807, 2.05) is 38.1 Å². The van der Waals surface area contributed by atoms with Crippen LogP contribution in [0.3, 0.4) is 0 Å². The third kappa shape index (κ3) is 4.55. The summed E-state index contributed by atoms with van der Waals surface area (Å²) in [5, 5.41) is 12.0. The molecular formula is C20H18N2O3. The van der Waals surface area contributed by atoms with Crippen molar-refractivity contribution in [1.29, 1.82) is 5.26 Å². The van der Waals surface area contributed by atoms with Gasteiger partial charge in [-0.3, -0.25) is 4.79 Å². The van der Waals surface area contributed by atoms with E-state index in [0.29, 0.717) is 16.8 Å². The van der Waals surface area contributed by atoms with Gasteiger partial charge in [-0.15, -0.1) is 0 Å². The van der Waals surface area contributed by atoms with Gasteiger partial charge in [-0.25, -0.2) is 4.79 Å². The second-order valence-electron chi connectivity index (χ2n) is 5.56. The molecule has 1 N–H and O–H groups in total. The molecule has 0 saturated carbocycles. The number of methoxy groups -OCH3 is 1. The van der Waals surface area contributed by atoms with Crippen LogP contribution in [0, 0.1) is 25.2 Å². The highest BCUT2D eigenvalue weighted by molar-refractivity contribution is 6.10. The van der Waals surface area contributed by atoms with Crippen molar-refractivity contribution in [2.75, 3.05) is 12.4 Å². The first-order valence-corrected chi connectivity index (χ1v) is 7.63. The summed E-state index contributed by atoms with van der Waals surface area (Å²) in [4.78, 5) is 23.7. The molecular weight excluding hydrogens is 316 g/mol. The van der Waals surface area contributed by atoms with E-state index in [4.69, 9.17) is 0 Å². The van der Waals surface area contributed by atoms with Gasteiger partial charge in [0.05, 0.1) is 12.7 Å². The van der Waals surface area contributed by atoms with Gasteiger partial charge in [0.15, 0.2) is 0 Å². The number of hydrogen-bond acceptors (Lipinski definition) is 4. The molecule has 0 aliphatic heterocycles. The zero-order valence-corrected chi connectivity index (χ0v) is 14.3. The number of rotatable bonds is 4. The fraction of sp³-hybridized carbons (Fsp3) is 0.150. The van der Waals surface area contributed by atoms with E-state index in [2.05, 4.69) is 10.1 Å². The lowest BCUT2D eigenvalue weighted by Gasteiger charge is -2.08. The molecule has 0 unspecified atom stereocenters. The molecule has 0 saturated heterocycles. The second-order valence-corrected chi connectivity index (χ2v) is 5.56. The van der Waals surface area contributed by atoms with Crippen LogP contribution in [-0.4, -0.2) is 19.0 Å². The van der Waals surface area contributed by atoms with E-state index in [9.17, 15) is 14.9 Å². The number of nitrogens with one attached hydrogen (secondary N) is 1. The van der Waals surface area contributed by atoms with Gasteiger partial charge in [-0.05, 0) is 49.2 Å². The minimum Gasteiger partial charge on any atom is -0.465 e. The van der Waals surface area contributed by atoms with Crippen molar-refractivity contribution < 1.29 is 14.3 Å². The zero-order valence-electron chi connectivity index (χ0n) is 14.3. The van der Waals surface area contributed by atoms with Crippen LogP contribution in [0.25, 0.3) is 6.08 Å². The van der Waals surface area contributed by atoms with Crippen molar-refractivity contribution in [1.82, 2.24) is 0 Å². The minimum absolute atomic E-state index is 0.0224. The molecule has 0 aliphatic carbocycles. The van der Waals surface area contributed by atoms with E-state index in [1.165, 1.54) is 13.2 Å². The maximum atomic E-state index is 12.3. The number of anilines is 1. The van der Waals surface area contributed by atoms with Crippen LogP contribution < -0.4 is 5.32 Å². The Morgan fingerprint density at radius 3 is 2.36 bits per heavy atom. The monoisotopic (exact) mass is 334 g/mol. The van der Waals surface area contributed by atoms with Crippen LogP contribution in [0.5, 0.6) is 0 Å². The van der Waals surface area contributed by atoms with Crippen LogP contribution >= 0.6 is 0 Å². The Kier molecular flexibility index (Phi) is 5.70. The molecule has 0 aromatic heterocycles. The molecule has 2 aromatic rings. The fourth-order valence-corrected chi connectivity index (χ4v) is 2.29. The third-order valence-corrected chi connectivity index (χ3v) is 3.64. The number of nitriles is 1. The summed E-state index contributed by atoms with van der Waals surface area (Å²) < 4.78 is 4.63. The first-order valence-electron chi connectivity index (χ1n) is 7.63. The summed E-state index contributed by atoms with van der Waals surface area (Å²) in [6.07, 6.45) is 1.47. The quantitative estimate of drug-likeness (QED) is 0.526. The molecule has 0 bridgehead atoms. The highest BCUT2D eigenvalue weighted by Crippen LogP contribution is 2.17. The summed E-state index contributed by atoms with van der Waals surface area (Å²) in [5.41, 5.74) is 3.70. The maximum Gasteiger partial charge on any atom is 0.337 e. The molecule has 2 rings (SSSR count). The van der Waals surface area contributed by atoms with E-state index in [1.54, 1.807) is 24.3 Å². The highest BCUT2D eigenvalue weighted by Gasteiger charge is 2.11. The number of carbonyl (C=O) groups is 2. The Balaban J connectivity index is 2.20. The largest absolute Gasteiger partial charge is 0.465 e. The molecule has 0 spiro atoms. The van der Waals surface area contributed by atoms with E-state index < -0.39 is 11.9 Å². The number of hydrogen-bond donors (Lipinski definition) is 1. The normalized spacial score (nSPS) is 10.7. The number of nitrogens with zero attached hydrogens (tertiary/aromatic N) is 1. The minimum atomic E-state index is -0.480. The van der Waals surface area contributed by atoms with Gasteiger partial charge in [0, 0.05) is 5.69 Å². The van der Waals surface area contributed by atoms with Crippen molar-refractivity contribution in [3.63, 3.8) is 0 Å².